The van der Waals surface area contributed by atoms with Crippen molar-refractivity contribution in [1.29, 1.82) is 0 Å². The van der Waals surface area contributed by atoms with E-state index in [0.29, 0.717) is 5.92 Å². The summed E-state index contributed by atoms with van der Waals surface area (Å²) in [5.74, 6) is 0.515. The summed E-state index contributed by atoms with van der Waals surface area (Å²) in [6.45, 7) is 5.97. The molecule has 0 bridgehead atoms. The maximum Gasteiger partial charge on any atom is 2.00 e. The maximum absolute atomic E-state index is 10.8. The van der Waals surface area contributed by atoms with Crippen LogP contribution < -0.4 is 4.89 Å². The Morgan fingerprint density at radius 1 is 1.50 bits per heavy atom. The molecule has 0 aliphatic carbocycles. The van der Waals surface area contributed by atoms with Crippen LogP contribution in [0.4, 0.5) is 0 Å². The normalized spacial score (nSPS) is 18.2. The molecule has 0 aromatic carbocycles. The van der Waals surface area contributed by atoms with Crippen molar-refractivity contribution in [1.82, 2.24) is 0 Å². The molecule has 12 heavy (non-hydrogen) atoms. The van der Waals surface area contributed by atoms with Gasteiger partial charge in [0.05, 0.1) is 6.10 Å². The number of hydrogen-bond acceptors (Lipinski definition) is 4. The van der Waals surface area contributed by atoms with Gasteiger partial charge in [0.2, 0.25) is 0 Å². The van der Waals surface area contributed by atoms with Crippen LogP contribution in [0.15, 0.2) is 0 Å². The third-order valence-corrected chi connectivity index (χ3v) is 2.25. The van der Waals surface area contributed by atoms with Crippen LogP contribution in [0.5, 0.6) is 0 Å². The van der Waals surface area contributed by atoms with Gasteiger partial charge < -0.3 is 21.7 Å². The Morgan fingerprint density at radius 2 is 1.92 bits per heavy atom. The van der Waals surface area contributed by atoms with Crippen molar-refractivity contribution in [3.05, 3.63) is 0 Å². The van der Waals surface area contributed by atoms with Gasteiger partial charge in [0.15, 0.2) is 0 Å². The van der Waals surface area contributed by atoms with Crippen LogP contribution in [0.25, 0.3) is 0 Å². The molecule has 0 aromatic heterocycles. The SMILES string of the molecule is CC(C)CC(C)OP([O-])(=S)[S-].[Zn+2]. The Kier molecular flexibility index (Phi) is 9.22. The van der Waals surface area contributed by atoms with Crippen molar-refractivity contribution in [2.24, 2.45) is 5.92 Å². The molecule has 2 nitrogen and oxygen atoms in total. The second-order valence-electron chi connectivity index (χ2n) is 2.99. The van der Waals surface area contributed by atoms with E-state index in [0.717, 1.165) is 6.42 Å². The zero-order valence-corrected chi connectivity index (χ0v) is 13.1. The molecule has 6 heteroatoms. The van der Waals surface area contributed by atoms with Gasteiger partial charge in [0, 0.05) is 0 Å². The first kappa shape index (κ1) is 16.0. The minimum absolute atomic E-state index is 0. The van der Waals surface area contributed by atoms with Crippen LogP contribution in [0.1, 0.15) is 27.2 Å². The first-order valence-electron chi connectivity index (χ1n) is 3.51. The molecule has 0 heterocycles. The molecule has 68 valence electrons. The van der Waals surface area contributed by atoms with Gasteiger partial charge in [-0.2, -0.15) is 0 Å². The zero-order valence-electron chi connectivity index (χ0n) is 7.65. The average molecular weight is 278 g/mol. The van der Waals surface area contributed by atoms with Gasteiger partial charge in [-0.3, -0.25) is 0 Å². The molecule has 0 amide bonds. The summed E-state index contributed by atoms with van der Waals surface area (Å²) < 4.78 is 4.93. The van der Waals surface area contributed by atoms with Gasteiger partial charge in [-0.1, -0.05) is 13.8 Å². The van der Waals surface area contributed by atoms with E-state index in [2.05, 4.69) is 37.9 Å². The van der Waals surface area contributed by atoms with E-state index in [1.165, 1.54) is 0 Å². The predicted molar refractivity (Wildman–Crippen MR) is 51.7 cm³/mol. The molecule has 0 N–H and O–H groups in total. The third kappa shape index (κ3) is 11.5. The van der Waals surface area contributed by atoms with Gasteiger partial charge in [-0.05, 0) is 19.3 Å². The Bertz CT molecular complexity index is 160. The number of hydrogen-bond donors (Lipinski definition) is 0. The minimum Gasteiger partial charge on any atom is -0.819 e. The molecule has 0 saturated carbocycles. The summed E-state index contributed by atoms with van der Waals surface area (Å²) in [5, 5.41) is 0. The van der Waals surface area contributed by atoms with E-state index in [4.69, 9.17) is 4.52 Å². The van der Waals surface area contributed by atoms with Crippen molar-refractivity contribution >= 4 is 29.7 Å². The molecule has 2 atom stereocenters. The monoisotopic (exact) mass is 276 g/mol. The third-order valence-electron chi connectivity index (χ3n) is 1.11. The predicted octanol–water partition coefficient (Wildman–Crippen LogP) is 1.57. The van der Waals surface area contributed by atoms with Crippen molar-refractivity contribution in [3.8, 4) is 0 Å². The van der Waals surface area contributed by atoms with Gasteiger partial charge in [0.1, 0.15) is 0 Å². The Morgan fingerprint density at radius 3 is 2.17 bits per heavy atom. The molecular formula is C6H13O2PS2Zn. The summed E-state index contributed by atoms with van der Waals surface area (Å²) in [5.41, 5.74) is -3.11. The Labute approximate surface area is 97.6 Å². The second kappa shape index (κ2) is 6.92. The van der Waals surface area contributed by atoms with E-state index in [9.17, 15) is 4.89 Å². The van der Waals surface area contributed by atoms with Gasteiger partial charge in [0.25, 0.3) is 0 Å². The van der Waals surface area contributed by atoms with Crippen LogP contribution in [-0.2, 0) is 48.1 Å². The van der Waals surface area contributed by atoms with E-state index in [1.807, 2.05) is 6.92 Å². The maximum atomic E-state index is 10.8. The van der Waals surface area contributed by atoms with E-state index in [-0.39, 0.29) is 25.6 Å². The first-order chi connectivity index (χ1) is 4.81. The topological polar surface area (TPSA) is 32.3 Å². The molecule has 0 saturated heterocycles. The smallest absolute Gasteiger partial charge is 0.819 e. The summed E-state index contributed by atoms with van der Waals surface area (Å²) in [6.07, 6.45) is 0.757. The standard InChI is InChI=1S/C6H15O2PS2.Zn/c1-5(2)4-6(3)8-9(7,10)11;/h5-6H,4H2,1-3H3,(H2,7,10,11);/q;+2/p-2. The van der Waals surface area contributed by atoms with Crippen LogP contribution in [0, 0.1) is 5.92 Å². The largest absolute Gasteiger partial charge is 2.00 e. The van der Waals surface area contributed by atoms with Gasteiger partial charge in [-0.25, -0.2) is 0 Å². The fraction of sp³-hybridized carbons (Fsp3) is 1.00. The minimum atomic E-state index is -3.11. The molecular weight excluding hydrogens is 265 g/mol. The van der Waals surface area contributed by atoms with Crippen LogP contribution in [-0.4, -0.2) is 6.10 Å². The number of rotatable bonds is 4. The van der Waals surface area contributed by atoms with E-state index < -0.39 is 5.69 Å². The van der Waals surface area contributed by atoms with Crippen LogP contribution >= 0.6 is 5.69 Å². The fourth-order valence-electron chi connectivity index (χ4n) is 0.927. The van der Waals surface area contributed by atoms with Crippen molar-refractivity contribution in [3.63, 3.8) is 0 Å². The van der Waals surface area contributed by atoms with E-state index in [1.54, 1.807) is 0 Å². The van der Waals surface area contributed by atoms with Gasteiger partial charge >= 0.3 is 19.5 Å². The zero-order chi connectivity index (χ0) is 9.07. The molecule has 0 spiro atoms. The van der Waals surface area contributed by atoms with Crippen molar-refractivity contribution < 1.29 is 28.9 Å². The molecule has 0 aromatic rings. The Hall–Kier alpha value is 1.54. The quantitative estimate of drug-likeness (QED) is 0.444. The van der Waals surface area contributed by atoms with E-state index >= 15 is 0 Å². The van der Waals surface area contributed by atoms with Crippen LogP contribution in [0.2, 0.25) is 0 Å². The van der Waals surface area contributed by atoms with Gasteiger partial charge in [-0.15, -0.1) is 17.5 Å². The Balaban J connectivity index is 0. The molecule has 0 aliphatic heterocycles. The first-order valence-corrected chi connectivity index (χ1v) is 7.17. The average Bonchev–Trinajstić information content (AvgIpc) is 1.53. The molecule has 2 unspecified atom stereocenters. The summed E-state index contributed by atoms with van der Waals surface area (Å²) in [6, 6.07) is 0. The molecule has 0 rings (SSSR count). The molecule has 0 fully saturated rings. The summed E-state index contributed by atoms with van der Waals surface area (Å²) in [4.78, 5) is 10.8. The van der Waals surface area contributed by atoms with Crippen molar-refractivity contribution in [2.75, 3.05) is 0 Å². The fourth-order valence-corrected chi connectivity index (χ4v) is 2.34. The van der Waals surface area contributed by atoms with Crippen LogP contribution in [0.3, 0.4) is 0 Å². The summed E-state index contributed by atoms with van der Waals surface area (Å²) >= 11 is 8.92. The second-order valence-corrected chi connectivity index (χ2v) is 7.68. The molecule has 0 aliphatic rings. The van der Waals surface area contributed by atoms with Crippen molar-refractivity contribution in [2.45, 2.75) is 33.3 Å². The summed E-state index contributed by atoms with van der Waals surface area (Å²) in [7, 11) is 0. The molecule has 0 radical (unpaired) electrons.